The lowest BCUT2D eigenvalue weighted by Gasteiger charge is -2.17. The van der Waals surface area contributed by atoms with Gasteiger partial charge >= 0.3 is 7.60 Å². The summed E-state index contributed by atoms with van der Waals surface area (Å²) in [5, 5.41) is 2.71. The molecule has 0 aliphatic rings. The van der Waals surface area contributed by atoms with Gasteiger partial charge in [-0.3, -0.25) is 9.36 Å². The maximum atomic E-state index is 12.3. The van der Waals surface area contributed by atoms with Crippen LogP contribution in [0.25, 0.3) is 11.2 Å². The number of anilines is 1. The summed E-state index contributed by atoms with van der Waals surface area (Å²) < 4.78 is 24.6. The van der Waals surface area contributed by atoms with Crippen molar-refractivity contribution in [2.75, 3.05) is 25.2 Å². The number of allylic oxidation sites excluding steroid dienone is 10. The van der Waals surface area contributed by atoms with Gasteiger partial charge in [-0.15, -0.1) is 0 Å². The number of aromatic nitrogens is 4. The van der Waals surface area contributed by atoms with E-state index in [1.54, 1.807) is 17.8 Å². The van der Waals surface area contributed by atoms with E-state index in [0.29, 0.717) is 24.1 Å². The van der Waals surface area contributed by atoms with Crippen LogP contribution in [0.3, 0.4) is 0 Å². The second-order valence-corrected chi connectivity index (χ2v) is 11.6. The monoisotopic (exact) mass is 614 g/mol. The molecule has 4 N–H and O–H groups in total. The van der Waals surface area contributed by atoms with Crippen LogP contribution in [0.4, 0.5) is 5.82 Å². The van der Waals surface area contributed by atoms with Crippen LogP contribution in [0.5, 0.6) is 0 Å². The summed E-state index contributed by atoms with van der Waals surface area (Å²) in [6.07, 6.45) is 30.3. The Hall–Kier alpha value is -3.37. The van der Waals surface area contributed by atoms with E-state index in [2.05, 4.69) is 88.0 Å². The van der Waals surface area contributed by atoms with Crippen LogP contribution in [-0.4, -0.2) is 55.9 Å². The number of imidazole rings is 1. The van der Waals surface area contributed by atoms with Gasteiger partial charge in [0.25, 0.3) is 0 Å². The van der Waals surface area contributed by atoms with Crippen molar-refractivity contribution in [2.45, 2.75) is 77.9 Å². The minimum Gasteiger partial charge on any atom is -0.382 e. The molecule has 11 nitrogen and oxygen atoms in total. The van der Waals surface area contributed by atoms with Crippen LogP contribution in [0.15, 0.2) is 73.4 Å². The molecule has 0 bridgehead atoms. The zero-order chi connectivity index (χ0) is 31.2. The third-order valence-electron chi connectivity index (χ3n) is 6.06. The number of nitrogens with one attached hydrogen (secondary N) is 1. The predicted molar refractivity (Wildman–Crippen MR) is 172 cm³/mol. The van der Waals surface area contributed by atoms with Gasteiger partial charge < -0.3 is 29.8 Å². The largest absolute Gasteiger partial charge is 0.382 e. The van der Waals surface area contributed by atoms with Gasteiger partial charge in [-0.1, -0.05) is 67.7 Å². The van der Waals surface area contributed by atoms with Crippen LogP contribution in [0, 0.1) is 0 Å². The van der Waals surface area contributed by atoms with E-state index in [1.807, 2.05) is 0 Å². The standard InChI is InChI=1S/C31H47N6O5P/c1-3-4-5-6-7-8-9-10-11-12-13-14-15-16-17-18-19-20-28(38)33-21-22-42-43(39,40)26-41-27(2)23-37-25-36-29-30(32)34-24-35-31(29)37/h4-5,7-8,10-11,13-14,16-17,24-25,27H,3,6,9,12,15,18-23,26H2,1-2H3,(H,33,38)(H,39,40)(H2,32,34,35)/t27-/m1/s1. The zero-order valence-corrected chi connectivity index (χ0v) is 26.3. The van der Waals surface area contributed by atoms with Crippen molar-refractivity contribution in [1.82, 2.24) is 24.8 Å². The average Bonchev–Trinajstić information content (AvgIpc) is 3.39. The molecular weight excluding hydrogens is 567 g/mol. The number of hydrogen-bond donors (Lipinski definition) is 3. The second kappa shape index (κ2) is 21.3. The van der Waals surface area contributed by atoms with Gasteiger partial charge in [0.1, 0.15) is 18.2 Å². The molecule has 2 aromatic heterocycles. The van der Waals surface area contributed by atoms with E-state index in [1.165, 1.54) is 6.33 Å². The Bertz CT molecular complexity index is 1290. The minimum absolute atomic E-state index is 0.0889. The molecule has 0 aliphatic heterocycles. The number of fused-ring (bicyclic) bond motifs is 1. The number of ether oxygens (including phenoxy) is 1. The van der Waals surface area contributed by atoms with Crippen molar-refractivity contribution < 1.29 is 23.5 Å². The van der Waals surface area contributed by atoms with Crippen LogP contribution < -0.4 is 11.1 Å². The molecule has 12 heteroatoms. The van der Waals surface area contributed by atoms with Crippen molar-refractivity contribution in [1.29, 1.82) is 0 Å². The van der Waals surface area contributed by atoms with Crippen molar-refractivity contribution in [3.63, 3.8) is 0 Å². The lowest BCUT2D eigenvalue weighted by Crippen LogP contribution is -2.27. The van der Waals surface area contributed by atoms with Crippen LogP contribution in [0.2, 0.25) is 0 Å². The molecule has 0 fully saturated rings. The lowest BCUT2D eigenvalue weighted by atomic mass is 10.2. The highest BCUT2D eigenvalue weighted by atomic mass is 31.2. The van der Waals surface area contributed by atoms with Crippen LogP contribution in [-0.2, 0) is 25.2 Å². The fraction of sp³-hybridized carbons (Fsp3) is 0.484. The SMILES string of the molecule is CCC=CCC=CCC=CCC=CCC=CCCCC(=O)NCCOP(=O)(O)CO[C@H](C)Cn1cnc2c(N)ncnc21. The smallest absolute Gasteiger partial charge is 0.353 e. The summed E-state index contributed by atoms with van der Waals surface area (Å²) >= 11 is 0. The summed E-state index contributed by atoms with van der Waals surface area (Å²) in [5.41, 5.74) is 6.84. The Balaban J connectivity index is 1.47. The van der Waals surface area contributed by atoms with Gasteiger partial charge in [0, 0.05) is 13.0 Å². The number of unbranched alkanes of at least 4 members (excludes halogenated alkanes) is 1. The summed E-state index contributed by atoms with van der Waals surface area (Å²) in [5.74, 6) is 0.161. The number of carbonyl (C=O) groups is 1. The van der Waals surface area contributed by atoms with Crippen molar-refractivity contribution in [2.24, 2.45) is 0 Å². The first kappa shape index (κ1) is 35.8. The lowest BCUT2D eigenvalue weighted by molar-refractivity contribution is -0.121. The van der Waals surface area contributed by atoms with Gasteiger partial charge in [0.15, 0.2) is 11.5 Å². The molecule has 2 rings (SSSR count). The van der Waals surface area contributed by atoms with Gasteiger partial charge in [-0.2, -0.15) is 0 Å². The molecule has 0 spiro atoms. The number of rotatable bonds is 22. The van der Waals surface area contributed by atoms with Crippen LogP contribution in [0.1, 0.15) is 65.2 Å². The first-order valence-electron chi connectivity index (χ1n) is 14.8. The normalized spacial score (nSPS) is 14.7. The van der Waals surface area contributed by atoms with Gasteiger partial charge in [-0.25, -0.2) is 15.0 Å². The Morgan fingerprint density at radius 3 is 2.30 bits per heavy atom. The van der Waals surface area contributed by atoms with Gasteiger partial charge in [0.05, 0.1) is 25.6 Å². The number of nitrogen functional groups attached to an aromatic ring is 1. The van der Waals surface area contributed by atoms with E-state index in [9.17, 15) is 14.3 Å². The third kappa shape index (κ3) is 16.2. The molecule has 1 unspecified atom stereocenters. The predicted octanol–water partition coefficient (Wildman–Crippen LogP) is 6.01. The highest BCUT2D eigenvalue weighted by Gasteiger charge is 2.22. The third-order valence-corrected chi connectivity index (χ3v) is 7.12. The van der Waals surface area contributed by atoms with Crippen molar-refractivity contribution >= 4 is 30.5 Å². The fourth-order valence-electron chi connectivity index (χ4n) is 3.84. The van der Waals surface area contributed by atoms with E-state index < -0.39 is 20.0 Å². The Morgan fingerprint density at radius 2 is 1.65 bits per heavy atom. The molecule has 0 saturated carbocycles. The van der Waals surface area contributed by atoms with Crippen molar-refractivity contribution in [3.05, 3.63) is 73.4 Å². The van der Waals surface area contributed by atoms with Gasteiger partial charge in [-0.05, 0) is 51.9 Å². The molecule has 2 heterocycles. The maximum Gasteiger partial charge on any atom is 0.353 e. The molecule has 0 aromatic carbocycles. The highest BCUT2D eigenvalue weighted by molar-refractivity contribution is 7.52. The topological polar surface area (TPSA) is 154 Å². The minimum atomic E-state index is -3.98. The van der Waals surface area contributed by atoms with Gasteiger partial charge in [0.2, 0.25) is 5.91 Å². The Morgan fingerprint density at radius 1 is 1.02 bits per heavy atom. The first-order chi connectivity index (χ1) is 20.8. The fourth-order valence-corrected chi connectivity index (χ4v) is 4.73. The summed E-state index contributed by atoms with van der Waals surface area (Å²) in [6, 6.07) is 0. The molecule has 0 saturated heterocycles. The molecule has 43 heavy (non-hydrogen) atoms. The van der Waals surface area contributed by atoms with Crippen molar-refractivity contribution in [3.8, 4) is 0 Å². The van der Waals surface area contributed by atoms with E-state index in [-0.39, 0.29) is 24.9 Å². The molecule has 0 radical (unpaired) electrons. The molecule has 1 amide bonds. The molecule has 2 aromatic rings. The van der Waals surface area contributed by atoms with Crippen LogP contribution >= 0.6 is 7.60 Å². The maximum absolute atomic E-state index is 12.3. The second-order valence-electron chi connectivity index (χ2n) is 9.86. The summed E-state index contributed by atoms with van der Waals surface area (Å²) in [4.78, 5) is 34.3. The average molecular weight is 615 g/mol. The number of amides is 1. The van der Waals surface area contributed by atoms with E-state index in [4.69, 9.17) is 15.0 Å². The number of nitrogens with zero attached hydrogens (tertiary/aromatic N) is 4. The zero-order valence-electron chi connectivity index (χ0n) is 25.4. The quantitative estimate of drug-likeness (QED) is 0.0821. The molecule has 236 valence electrons. The number of nitrogens with two attached hydrogens (primary N) is 1. The number of hydrogen-bond acceptors (Lipinski definition) is 8. The first-order valence-corrected chi connectivity index (χ1v) is 16.6. The number of carbonyl (C=O) groups excluding carboxylic acids is 1. The Labute approximate surface area is 255 Å². The molecular formula is C31H47N6O5P. The summed E-state index contributed by atoms with van der Waals surface area (Å²) in [6.45, 7) is 4.30. The highest BCUT2D eigenvalue weighted by Crippen LogP contribution is 2.41. The Kier molecular flexibility index (Phi) is 17.8. The molecule has 2 atom stereocenters. The van der Waals surface area contributed by atoms with E-state index >= 15 is 0 Å². The van der Waals surface area contributed by atoms with E-state index in [0.717, 1.165) is 44.9 Å². The molecule has 0 aliphatic carbocycles. The summed E-state index contributed by atoms with van der Waals surface area (Å²) in [7, 11) is -3.98.